The number of piperidine rings is 1. The third kappa shape index (κ3) is 5.14. The number of rotatable bonds is 6. The zero-order valence-electron chi connectivity index (χ0n) is 17.3. The van der Waals surface area contributed by atoms with Crippen LogP contribution in [0.4, 0.5) is 5.69 Å². The SMILES string of the molecule is O=C1CCc2cc(S(=O)(=O)NC(Cc3ccccc3)C(=O)N3CCCCC3)ccc2N1. The fourth-order valence-corrected chi connectivity index (χ4v) is 5.39. The molecule has 1 atom stereocenters. The van der Waals surface area contributed by atoms with Gasteiger partial charge >= 0.3 is 0 Å². The van der Waals surface area contributed by atoms with Crippen molar-refractivity contribution < 1.29 is 18.0 Å². The van der Waals surface area contributed by atoms with Gasteiger partial charge in [-0.05, 0) is 61.4 Å². The Kier molecular flexibility index (Phi) is 6.38. The molecule has 31 heavy (non-hydrogen) atoms. The molecule has 2 aromatic carbocycles. The summed E-state index contributed by atoms with van der Waals surface area (Å²) in [5.41, 5.74) is 2.32. The summed E-state index contributed by atoms with van der Waals surface area (Å²) in [7, 11) is -3.92. The number of nitrogens with zero attached hydrogens (tertiary/aromatic N) is 1. The smallest absolute Gasteiger partial charge is 0.241 e. The molecule has 2 N–H and O–H groups in total. The van der Waals surface area contributed by atoms with Gasteiger partial charge in [0.2, 0.25) is 21.8 Å². The van der Waals surface area contributed by atoms with E-state index in [0.29, 0.717) is 31.6 Å². The minimum Gasteiger partial charge on any atom is -0.341 e. The Labute approximate surface area is 182 Å². The number of anilines is 1. The van der Waals surface area contributed by atoms with Gasteiger partial charge in [-0.2, -0.15) is 4.72 Å². The van der Waals surface area contributed by atoms with E-state index in [1.54, 1.807) is 17.0 Å². The number of hydrogen-bond donors (Lipinski definition) is 2. The second-order valence-electron chi connectivity index (χ2n) is 8.12. The molecule has 0 radical (unpaired) electrons. The van der Waals surface area contributed by atoms with Crippen LogP contribution in [0, 0.1) is 0 Å². The fraction of sp³-hybridized carbons (Fsp3) is 0.391. The molecule has 2 aliphatic rings. The van der Waals surface area contributed by atoms with Crippen LogP contribution in [0.25, 0.3) is 0 Å². The van der Waals surface area contributed by atoms with E-state index in [4.69, 9.17) is 0 Å². The zero-order chi connectivity index (χ0) is 21.8. The molecule has 8 heteroatoms. The Bertz CT molecular complexity index is 1060. The summed E-state index contributed by atoms with van der Waals surface area (Å²) < 4.78 is 29.1. The number of sulfonamides is 1. The predicted molar refractivity (Wildman–Crippen MR) is 118 cm³/mol. The highest BCUT2D eigenvalue weighted by Crippen LogP contribution is 2.26. The summed E-state index contributed by atoms with van der Waals surface area (Å²) in [5.74, 6) is -0.256. The van der Waals surface area contributed by atoms with E-state index >= 15 is 0 Å². The summed E-state index contributed by atoms with van der Waals surface area (Å²) in [6.45, 7) is 1.31. The van der Waals surface area contributed by atoms with E-state index in [0.717, 1.165) is 30.4 Å². The van der Waals surface area contributed by atoms with Crippen LogP contribution in [-0.2, 0) is 32.5 Å². The summed E-state index contributed by atoms with van der Waals surface area (Å²) >= 11 is 0. The number of carbonyl (C=O) groups is 2. The molecular weight excluding hydrogens is 414 g/mol. The minimum absolute atomic E-state index is 0.0729. The molecule has 2 aliphatic heterocycles. The molecule has 1 saturated heterocycles. The van der Waals surface area contributed by atoms with Crippen molar-refractivity contribution in [3.05, 3.63) is 59.7 Å². The predicted octanol–water partition coefficient (Wildman–Crippen LogP) is 2.47. The van der Waals surface area contributed by atoms with Crippen LogP contribution in [0.5, 0.6) is 0 Å². The van der Waals surface area contributed by atoms with Gasteiger partial charge in [0.05, 0.1) is 4.90 Å². The first-order valence-electron chi connectivity index (χ1n) is 10.7. The minimum atomic E-state index is -3.92. The fourth-order valence-electron chi connectivity index (χ4n) is 4.15. The largest absolute Gasteiger partial charge is 0.341 e. The molecule has 1 unspecified atom stereocenters. The highest BCUT2D eigenvalue weighted by atomic mass is 32.2. The van der Waals surface area contributed by atoms with Gasteiger partial charge < -0.3 is 10.2 Å². The molecule has 0 saturated carbocycles. The Morgan fingerprint density at radius 2 is 1.77 bits per heavy atom. The molecule has 164 valence electrons. The lowest BCUT2D eigenvalue weighted by atomic mass is 10.0. The van der Waals surface area contributed by atoms with Crippen LogP contribution in [0.1, 0.15) is 36.8 Å². The average Bonchev–Trinajstić information content (AvgIpc) is 2.79. The summed E-state index contributed by atoms with van der Waals surface area (Å²) in [5, 5.41) is 2.76. The van der Waals surface area contributed by atoms with Gasteiger partial charge in [-0.15, -0.1) is 0 Å². The number of nitrogens with one attached hydrogen (secondary N) is 2. The van der Waals surface area contributed by atoms with Gasteiger partial charge in [0.15, 0.2) is 0 Å². The van der Waals surface area contributed by atoms with Crippen molar-refractivity contribution in [1.82, 2.24) is 9.62 Å². The maximum absolute atomic E-state index is 13.2. The normalized spacial score (nSPS) is 17.5. The highest BCUT2D eigenvalue weighted by Gasteiger charge is 2.30. The highest BCUT2D eigenvalue weighted by molar-refractivity contribution is 7.89. The Morgan fingerprint density at radius 1 is 1.03 bits per heavy atom. The lowest BCUT2D eigenvalue weighted by molar-refractivity contribution is -0.133. The Hall–Kier alpha value is -2.71. The maximum Gasteiger partial charge on any atom is 0.241 e. The summed E-state index contributed by atoms with van der Waals surface area (Å²) in [6.07, 6.45) is 4.07. The molecule has 0 aliphatic carbocycles. The first-order valence-corrected chi connectivity index (χ1v) is 12.2. The Balaban J connectivity index is 1.58. The van der Waals surface area contributed by atoms with Crippen molar-refractivity contribution in [3.63, 3.8) is 0 Å². The van der Waals surface area contributed by atoms with E-state index < -0.39 is 16.1 Å². The number of likely N-dealkylation sites (tertiary alicyclic amines) is 1. The summed E-state index contributed by atoms with van der Waals surface area (Å²) in [4.78, 5) is 26.7. The van der Waals surface area contributed by atoms with Crippen molar-refractivity contribution in [1.29, 1.82) is 0 Å². The van der Waals surface area contributed by atoms with Crippen molar-refractivity contribution in [2.24, 2.45) is 0 Å². The Morgan fingerprint density at radius 3 is 2.52 bits per heavy atom. The van der Waals surface area contributed by atoms with E-state index in [1.807, 2.05) is 30.3 Å². The maximum atomic E-state index is 13.2. The standard InChI is InChI=1S/C23H27N3O4S/c27-22-12-9-18-16-19(10-11-20(18)24-22)31(29,30)25-21(15-17-7-3-1-4-8-17)23(28)26-13-5-2-6-14-26/h1,3-4,7-8,10-11,16,21,25H,2,5-6,9,12-15H2,(H,24,27). The molecule has 2 aromatic rings. The van der Waals surface area contributed by atoms with Crippen molar-refractivity contribution in [2.75, 3.05) is 18.4 Å². The third-order valence-corrected chi connectivity index (χ3v) is 7.30. The second kappa shape index (κ2) is 9.20. The lowest BCUT2D eigenvalue weighted by Crippen LogP contribution is -2.50. The molecule has 2 heterocycles. The number of benzene rings is 2. The first-order chi connectivity index (χ1) is 14.9. The number of hydrogen-bond acceptors (Lipinski definition) is 4. The van der Waals surface area contributed by atoms with E-state index in [1.165, 1.54) is 6.07 Å². The van der Waals surface area contributed by atoms with Crippen molar-refractivity contribution in [3.8, 4) is 0 Å². The van der Waals surface area contributed by atoms with Gasteiger partial charge in [0, 0.05) is 25.2 Å². The molecule has 4 rings (SSSR count). The molecular formula is C23H27N3O4S. The number of carbonyl (C=O) groups excluding carboxylic acids is 2. The van der Waals surface area contributed by atoms with Crippen LogP contribution in [-0.4, -0.2) is 44.3 Å². The van der Waals surface area contributed by atoms with Crippen LogP contribution in [0.3, 0.4) is 0 Å². The van der Waals surface area contributed by atoms with Crippen molar-refractivity contribution in [2.45, 2.75) is 49.5 Å². The van der Waals surface area contributed by atoms with Crippen LogP contribution in [0.15, 0.2) is 53.4 Å². The van der Waals surface area contributed by atoms with Gasteiger partial charge in [0.25, 0.3) is 0 Å². The number of amides is 2. The quantitative estimate of drug-likeness (QED) is 0.720. The molecule has 1 fully saturated rings. The van der Waals surface area contributed by atoms with E-state index in [-0.39, 0.29) is 23.1 Å². The van der Waals surface area contributed by atoms with Gasteiger partial charge in [0.1, 0.15) is 6.04 Å². The first kappa shape index (κ1) is 21.5. The summed E-state index contributed by atoms with van der Waals surface area (Å²) in [6, 6.07) is 13.2. The van der Waals surface area contributed by atoms with Crippen LogP contribution in [0.2, 0.25) is 0 Å². The van der Waals surface area contributed by atoms with Crippen LogP contribution < -0.4 is 10.0 Å². The van der Waals surface area contributed by atoms with Gasteiger partial charge in [-0.1, -0.05) is 30.3 Å². The monoisotopic (exact) mass is 441 g/mol. The molecule has 2 amide bonds. The topological polar surface area (TPSA) is 95.6 Å². The molecule has 7 nitrogen and oxygen atoms in total. The van der Waals surface area contributed by atoms with Gasteiger partial charge in [-0.3, -0.25) is 9.59 Å². The van der Waals surface area contributed by atoms with E-state index in [2.05, 4.69) is 10.0 Å². The zero-order valence-corrected chi connectivity index (χ0v) is 18.2. The third-order valence-electron chi connectivity index (χ3n) is 5.83. The molecule has 0 bridgehead atoms. The number of fused-ring (bicyclic) bond motifs is 1. The number of aryl methyl sites for hydroxylation is 1. The average molecular weight is 442 g/mol. The molecule has 0 spiro atoms. The molecule has 0 aromatic heterocycles. The van der Waals surface area contributed by atoms with Gasteiger partial charge in [-0.25, -0.2) is 8.42 Å². The lowest BCUT2D eigenvalue weighted by Gasteiger charge is -2.31. The van der Waals surface area contributed by atoms with E-state index in [9.17, 15) is 18.0 Å². The second-order valence-corrected chi connectivity index (χ2v) is 9.83. The van der Waals surface area contributed by atoms with Crippen LogP contribution >= 0.6 is 0 Å². The van der Waals surface area contributed by atoms with Crippen molar-refractivity contribution >= 4 is 27.5 Å².